The predicted molar refractivity (Wildman–Crippen MR) is 71.1 cm³/mol. The topological polar surface area (TPSA) is 90.0 Å². The lowest BCUT2D eigenvalue weighted by Crippen LogP contribution is -2.62. The van der Waals surface area contributed by atoms with Crippen LogP contribution in [0.1, 0.15) is 26.7 Å². The molecule has 2 heterocycles. The maximum absolute atomic E-state index is 12.6. The summed E-state index contributed by atoms with van der Waals surface area (Å²) in [5.41, 5.74) is 0. The quantitative estimate of drug-likeness (QED) is 0.715. The summed E-state index contributed by atoms with van der Waals surface area (Å²) < 4.78 is 0. The van der Waals surface area contributed by atoms with Crippen LogP contribution >= 0.6 is 0 Å². The highest BCUT2D eigenvalue weighted by Crippen LogP contribution is 2.25. The number of rotatable bonds is 1. The molecular formula is C13H21N3O4. The predicted octanol–water partition coefficient (Wildman–Crippen LogP) is 0.112. The third-order valence-electron chi connectivity index (χ3n) is 4.18. The van der Waals surface area contributed by atoms with E-state index in [9.17, 15) is 19.5 Å². The van der Waals surface area contributed by atoms with Gasteiger partial charge < -0.3 is 20.2 Å². The Kier molecular flexibility index (Phi) is 4.15. The molecule has 2 aliphatic heterocycles. The number of carbonyl (C=O) groups is 3. The lowest BCUT2D eigenvalue weighted by Gasteiger charge is -2.42. The zero-order valence-electron chi connectivity index (χ0n) is 11.8. The van der Waals surface area contributed by atoms with Crippen LogP contribution < -0.4 is 5.32 Å². The fourth-order valence-electron chi connectivity index (χ4n) is 2.99. The number of nitrogens with zero attached hydrogens (tertiary/aromatic N) is 2. The monoisotopic (exact) mass is 283 g/mol. The first kappa shape index (κ1) is 14.6. The van der Waals surface area contributed by atoms with Gasteiger partial charge in [-0.1, -0.05) is 6.92 Å². The summed E-state index contributed by atoms with van der Waals surface area (Å²) in [6.07, 6.45) is 1.60. The fraction of sp³-hybridized carbons (Fsp3) is 0.769. The van der Waals surface area contributed by atoms with Crippen LogP contribution in [0.5, 0.6) is 0 Å². The summed E-state index contributed by atoms with van der Waals surface area (Å²) in [5, 5.41) is 12.0. The Hall–Kier alpha value is -1.79. The van der Waals surface area contributed by atoms with Gasteiger partial charge in [-0.15, -0.1) is 0 Å². The van der Waals surface area contributed by atoms with Gasteiger partial charge in [-0.25, -0.2) is 9.59 Å². The fourth-order valence-corrected chi connectivity index (χ4v) is 2.99. The van der Waals surface area contributed by atoms with Gasteiger partial charge in [0.2, 0.25) is 5.91 Å². The number of carboxylic acids is 1. The van der Waals surface area contributed by atoms with Crippen molar-refractivity contribution in [3.8, 4) is 0 Å². The molecule has 2 N–H and O–H groups in total. The zero-order valence-corrected chi connectivity index (χ0v) is 11.8. The summed E-state index contributed by atoms with van der Waals surface area (Å²) in [6, 6.07) is -1.69. The Labute approximate surface area is 117 Å². The van der Waals surface area contributed by atoms with Crippen LogP contribution in [0, 0.1) is 5.92 Å². The molecule has 0 saturated carbocycles. The molecule has 0 spiro atoms. The Morgan fingerprint density at radius 1 is 1.25 bits per heavy atom. The van der Waals surface area contributed by atoms with E-state index in [1.54, 1.807) is 6.92 Å². The Bertz CT molecular complexity index is 426. The summed E-state index contributed by atoms with van der Waals surface area (Å²) in [4.78, 5) is 38.5. The number of carboxylic acid groups (broad SMARTS) is 1. The number of likely N-dealkylation sites (tertiary alicyclic amines) is 1. The molecule has 0 aromatic carbocycles. The molecule has 2 fully saturated rings. The second-order valence-electron chi connectivity index (χ2n) is 5.54. The summed E-state index contributed by atoms with van der Waals surface area (Å²) >= 11 is 0. The molecule has 2 rings (SSSR count). The first-order chi connectivity index (χ1) is 9.43. The van der Waals surface area contributed by atoms with Gasteiger partial charge in [0.05, 0.1) is 0 Å². The van der Waals surface area contributed by atoms with Crippen molar-refractivity contribution in [2.24, 2.45) is 5.92 Å². The van der Waals surface area contributed by atoms with E-state index in [1.165, 1.54) is 9.80 Å². The minimum atomic E-state index is -0.973. The van der Waals surface area contributed by atoms with E-state index in [-0.39, 0.29) is 17.9 Å². The molecule has 3 atom stereocenters. The van der Waals surface area contributed by atoms with Gasteiger partial charge in [0.1, 0.15) is 12.1 Å². The number of piperidine rings is 1. The second kappa shape index (κ2) is 5.68. The molecule has 2 aliphatic rings. The van der Waals surface area contributed by atoms with Crippen molar-refractivity contribution in [2.75, 3.05) is 19.6 Å². The van der Waals surface area contributed by atoms with Gasteiger partial charge >= 0.3 is 12.0 Å². The van der Waals surface area contributed by atoms with E-state index in [4.69, 9.17) is 0 Å². The molecule has 112 valence electrons. The molecule has 7 nitrogen and oxygen atoms in total. The molecule has 3 amide bonds. The summed E-state index contributed by atoms with van der Waals surface area (Å²) in [7, 11) is 0. The minimum absolute atomic E-state index is 0.0703. The SMILES string of the molecule is CC1CCCN(C(=O)N2CCNC(=O)C2C)C1C(=O)O. The number of carbonyl (C=O) groups excluding carboxylic acids is 2. The number of piperazine rings is 1. The van der Waals surface area contributed by atoms with Crippen LogP contribution in [-0.4, -0.2) is 64.5 Å². The lowest BCUT2D eigenvalue weighted by atomic mass is 9.91. The van der Waals surface area contributed by atoms with Gasteiger partial charge in [0, 0.05) is 19.6 Å². The minimum Gasteiger partial charge on any atom is -0.480 e. The molecular weight excluding hydrogens is 262 g/mol. The number of urea groups is 1. The maximum Gasteiger partial charge on any atom is 0.326 e. The van der Waals surface area contributed by atoms with E-state index in [0.717, 1.165) is 12.8 Å². The van der Waals surface area contributed by atoms with Gasteiger partial charge in [-0.3, -0.25) is 4.79 Å². The van der Waals surface area contributed by atoms with Crippen molar-refractivity contribution in [3.63, 3.8) is 0 Å². The molecule has 0 bridgehead atoms. The van der Waals surface area contributed by atoms with Gasteiger partial charge in [0.15, 0.2) is 0 Å². The molecule has 20 heavy (non-hydrogen) atoms. The second-order valence-corrected chi connectivity index (χ2v) is 5.54. The first-order valence-electron chi connectivity index (χ1n) is 7.01. The van der Waals surface area contributed by atoms with Crippen LogP contribution in [0.15, 0.2) is 0 Å². The van der Waals surface area contributed by atoms with E-state index in [1.807, 2.05) is 6.92 Å². The average Bonchev–Trinajstić information content (AvgIpc) is 2.40. The Morgan fingerprint density at radius 2 is 1.95 bits per heavy atom. The first-order valence-corrected chi connectivity index (χ1v) is 7.01. The molecule has 0 aromatic rings. The number of hydrogen-bond acceptors (Lipinski definition) is 3. The molecule has 0 aliphatic carbocycles. The van der Waals surface area contributed by atoms with E-state index in [0.29, 0.717) is 19.6 Å². The van der Waals surface area contributed by atoms with Crippen LogP contribution in [0.25, 0.3) is 0 Å². The van der Waals surface area contributed by atoms with Gasteiger partial charge in [0.25, 0.3) is 0 Å². The third-order valence-corrected chi connectivity index (χ3v) is 4.18. The van der Waals surface area contributed by atoms with Crippen molar-refractivity contribution in [1.82, 2.24) is 15.1 Å². The molecule has 0 aromatic heterocycles. The van der Waals surface area contributed by atoms with Gasteiger partial charge in [-0.2, -0.15) is 0 Å². The highest BCUT2D eigenvalue weighted by Gasteiger charge is 2.41. The highest BCUT2D eigenvalue weighted by atomic mass is 16.4. The van der Waals surface area contributed by atoms with Gasteiger partial charge in [-0.05, 0) is 25.7 Å². The Morgan fingerprint density at radius 3 is 2.60 bits per heavy atom. The van der Waals surface area contributed by atoms with Crippen molar-refractivity contribution in [3.05, 3.63) is 0 Å². The molecule has 7 heteroatoms. The van der Waals surface area contributed by atoms with E-state index in [2.05, 4.69) is 5.32 Å². The maximum atomic E-state index is 12.6. The summed E-state index contributed by atoms with van der Waals surface area (Å²) in [5.74, 6) is -1.24. The molecule has 3 unspecified atom stereocenters. The van der Waals surface area contributed by atoms with E-state index >= 15 is 0 Å². The number of nitrogens with one attached hydrogen (secondary N) is 1. The number of aliphatic carboxylic acids is 1. The third kappa shape index (κ3) is 2.57. The van der Waals surface area contributed by atoms with Crippen molar-refractivity contribution in [1.29, 1.82) is 0 Å². The smallest absolute Gasteiger partial charge is 0.326 e. The van der Waals surface area contributed by atoms with Crippen molar-refractivity contribution in [2.45, 2.75) is 38.8 Å². The highest BCUT2D eigenvalue weighted by molar-refractivity contribution is 5.89. The normalized spacial score (nSPS) is 30.9. The van der Waals surface area contributed by atoms with Crippen LogP contribution in [-0.2, 0) is 9.59 Å². The lowest BCUT2D eigenvalue weighted by molar-refractivity contribution is -0.145. The van der Waals surface area contributed by atoms with Crippen molar-refractivity contribution >= 4 is 17.9 Å². The number of amides is 3. The van der Waals surface area contributed by atoms with Crippen LogP contribution in [0.4, 0.5) is 4.79 Å². The zero-order chi connectivity index (χ0) is 14.9. The molecule has 2 saturated heterocycles. The number of hydrogen-bond donors (Lipinski definition) is 2. The van der Waals surface area contributed by atoms with Crippen LogP contribution in [0.2, 0.25) is 0 Å². The van der Waals surface area contributed by atoms with E-state index < -0.39 is 18.1 Å². The molecule has 0 radical (unpaired) electrons. The summed E-state index contributed by atoms with van der Waals surface area (Å²) in [6.45, 7) is 4.78. The standard InChI is InChI=1S/C13H21N3O4/c1-8-4-3-6-16(10(8)12(18)19)13(20)15-7-5-14-11(17)9(15)2/h8-10H,3-7H2,1-2H3,(H,14,17)(H,18,19). The largest absolute Gasteiger partial charge is 0.480 e. The average molecular weight is 283 g/mol. The Balaban J connectivity index is 2.17. The van der Waals surface area contributed by atoms with Crippen molar-refractivity contribution < 1.29 is 19.5 Å². The van der Waals surface area contributed by atoms with Crippen LogP contribution in [0.3, 0.4) is 0 Å².